The third-order valence-electron chi connectivity index (χ3n) is 4.34. The fourth-order valence-corrected chi connectivity index (χ4v) is 3.48. The molecule has 5 heteroatoms. The minimum Gasteiger partial charge on any atom is -0.486 e. The van der Waals surface area contributed by atoms with Gasteiger partial charge in [0, 0.05) is 12.0 Å². The molecule has 0 saturated heterocycles. The first-order valence-electron chi connectivity index (χ1n) is 7.49. The minimum absolute atomic E-state index is 0.0128. The van der Waals surface area contributed by atoms with Gasteiger partial charge in [0.25, 0.3) is 5.91 Å². The van der Waals surface area contributed by atoms with Crippen molar-refractivity contribution < 1.29 is 14.3 Å². The number of nitrogens with one attached hydrogen (secondary N) is 1. The molecule has 2 heterocycles. The van der Waals surface area contributed by atoms with Gasteiger partial charge in [0.05, 0.1) is 4.88 Å². The summed E-state index contributed by atoms with van der Waals surface area (Å²) in [5.41, 5.74) is 1.28. The summed E-state index contributed by atoms with van der Waals surface area (Å²) in [6.45, 7) is 1.87. The van der Waals surface area contributed by atoms with Gasteiger partial charge in [-0.1, -0.05) is 12.1 Å². The lowest BCUT2D eigenvalue weighted by atomic mass is 9.95. The van der Waals surface area contributed by atoms with Gasteiger partial charge in [0.2, 0.25) is 0 Å². The number of hydrogen-bond donors (Lipinski definition) is 1. The van der Waals surface area contributed by atoms with E-state index in [1.54, 1.807) is 0 Å². The zero-order valence-corrected chi connectivity index (χ0v) is 12.9. The minimum atomic E-state index is 0.0128. The lowest BCUT2D eigenvalue weighted by Crippen LogP contribution is -2.31. The van der Waals surface area contributed by atoms with Gasteiger partial charge in [-0.2, -0.15) is 0 Å². The SMILES string of the molecule is O=C(NCC1(c2ccc3c(c2)OCCO3)CC1)c1cccs1. The molecule has 2 aromatic rings. The first-order chi connectivity index (χ1) is 10.8. The molecule has 1 amide bonds. The van der Waals surface area contributed by atoms with E-state index >= 15 is 0 Å². The molecule has 1 aromatic carbocycles. The Labute approximate surface area is 133 Å². The van der Waals surface area contributed by atoms with Gasteiger partial charge in [-0.25, -0.2) is 0 Å². The number of carbonyl (C=O) groups is 1. The van der Waals surface area contributed by atoms with Gasteiger partial charge in [-0.3, -0.25) is 4.79 Å². The van der Waals surface area contributed by atoms with Crippen LogP contribution in [0, 0.1) is 0 Å². The Morgan fingerprint density at radius 2 is 2.00 bits per heavy atom. The molecule has 1 aliphatic carbocycles. The highest BCUT2D eigenvalue weighted by atomic mass is 32.1. The highest BCUT2D eigenvalue weighted by Gasteiger charge is 2.45. The Kier molecular flexibility index (Phi) is 3.30. The van der Waals surface area contributed by atoms with Gasteiger partial charge < -0.3 is 14.8 Å². The zero-order chi connectivity index (χ0) is 15.0. The molecular formula is C17H17NO3S. The van der Waals surface area contributed by atoms with E-state index in [-0.39, 0.29) is 11.3 Å². The quantitative estimate of drug-likeness (QED) is 0.943. The van der Waals surface area contributed by atoms with E-state index in [0.29, 0.717) is 19.8 Å². The van der Waals surface area contributed by atoms with Crippen LogP contribution in [0.25, 0.3) is 0 Å². The Morgan fingerprint density at radius 1 is 1.18 bits per heavy atom. The van der Waals surface area contributed by atoms with E-state index in [4.69, 9.17) is 9.47 Å². The number of hydrogen-bond acceptors (Lipinski definition) is 4. The van der Waals surface area contributed by atoms with Crippen molar-refractivity contribution in [1.29, 1.82) is 0 Å². The van der Waals surface area contributed by atoms with Gasteiger partial charge >= 0.3 is 0 Å². The third-order valence-corrected chi connectivity index (χ3v) is 5.21. The van der Waals surface area contributed by atoms with Crippen molar-refractivity contribution in [3.8, 4) is 11.5 Å². The normalized spacial score (nSPS) is 17.8. The van der Waals surface area contributed by atoms with Crippen LogP contribution >= 0.6 is 11.3 Å². The van der Waals surface area contributed by atoms with Crippen molar-refractivity contribution >= 4 is 17.2 Å². The van der Waals surface area contributed by atoms with Crippen LogP contribution in [0.2, 0.25) is 0 Å². The zero-order valence-electron chi connectivity index (χ0n) is 12.1. The van der Waals surface area contributed by atoms with E-state index in [0.717, 1.165) is 29.2 Å². The van der Waals surface area contributed by atoms with Crippen LogP contribution in [0.5, 0.6) is 11.5 Å². The molecule has 0 spiro atoms. The number of thiophene rings is 1. The lowest BCUT2D eigenvalue weighted by molar-refractivity contribution is 0.0953. The summed E-state index contributed by atoms with van der Waals surface area (Å²) in [5, 5.41) is 4.99. The molecule has 1 saturated carbocycles. The molecule has 114 valence electrons. The third kappa shape index (κ3) is 2.46. The summed E-state index contributed by atoms with van der Waals surface area (Å²) in [5.74, 6) is 1.65. The predicted molar refractivity (Wildman–Crippen MR) is 85.0 cm³/mol. The molecule has 1 fully saturated rings. The molecule has 0 unspecified atom stereocenters. The number of amides is 1. The predicted octanol–water partition coefficient (Wildman–Crippen LogP) is 2.98. The maximum atomic E-state index is 12.1. The summed E-state index contributed by atoms with van der Waals surface area (Å²) in [7, 11) is 0. The van der Waals surface area contributed by atoms with Crippen LogP contribution in [0.3, 0.4) is 0 Å². The number of benzene rings is 1. The summed E-state index contributed by atoms with van der Waals surface area (Å²) < 4.78 is 11.2. The van der Waals surface area contributed by atoms with Crippen LogP contribution in [-0.2, 0) is 5.41 Å². The van der Waals surface area contributed by atoms with Gasteiger partial charge in [-0.15, -0.1) is 11.3 Å². The van der Waals surface area contributed by atoms with Crippen molar-refractivity contribution in [2.45, 2.75) is 18.3 Å². The molecule has 4 rings (SSSR count). The van der Waals surface area contributed by atoms with Crippen LogP contribution < -0.4 is 14.8 Å². The average molecular weight is 315 g/mol. The number of ether oxygens (including phenoxy) is 2. The number of carbonyl (C=O) groups excluding carboxylic acids is 1. The summed E-state index contributed by atoms with van der Waals surface area (Å²) in [6, 6.07) is 9.89. The standard InChI is InChI=1S/C17H17NO3S/c19-16(15-2-1-9-22-15)18-11-17(5-6-17)12-3-4-13-14(10-12)21-8-7-20-13/h1-4,9-10H,5-8,11H2,(H,18,19). The second kappa shape index (κ2) is 5.32. The fourth-order valence-electron chi connectivity index (χ4n) is 2.84. The van der Waals surface area contributed by atoms with E-state index < -0.39 is 0 Å². The summed E-state index contributed by atoms with van der Waals surface area (Å²) >= 11 is 1.47. The highest BCUT2D eigenvalue weighted by molar-refractivity contribution is 7.12. The van der Waals surface area contributed by atoms with E-state index in [9.17, 15) is 4.79 Å². The fraction of sp³-hybridized carbons (Fsp3) is 0.353. The first kappa shape index (κ1) is 13.6. The molecule has 1 aliphatic heterocycles. The van der Waals surface area contributed by atoms with E-state index in [2.05, 4.69) is 17.4 Å². The molecule has 0 atom stereocenters. The van der Waals surface area contributed by atoms with Gasteiger partial charge in [0.15, 0.2) is 11.5 Å². The van der Waals surface area contributed by atoms with Crippen molar-refractivity contribution in [3.63, 3.8) is 0 Å². The average Bonchev–Trinajstić information content (AvgIpc) is 3.15. The first-order valence-corrected chi connectivity index (χ1v) is 8.37. The van der Waals surface area contributed by atoms with Crippen LogP contribution in [0.15, 0.2) is 35.7 Å². The summed E-state index contributed by atoms with van der Waals surface area (Å²) in [4.78, 5) is 12.9. The Morgan fingerprint density at radius 3 is 2.73 bits per heavy atom. The molecule has 22 heavy (non-hydrogen) atoms. The van der Waals surface area contributed by atoms with Crippen molar-refractivity contribution in [3.05, 3.63) is 46.2 Å². The highest BCUT2D eigenvalue weighted by Crippen LogP contribution is 2.49. The van der Waals surface area contributed by atoms with Gasteiger partial charge in [0.1, 0.15) is 13.2 Å². The van der Waals surface area contributed by atoms with Crippen LogP contribution in [-0.4, -0.2) is 25.7 Å². The van der Waals surface area contributed by atoms with E-state index in [1.165, 1.54) is 16.9 Å². The molecule has 0 bridgehead atoms. The maximum Gasteiger partial charge on any atom is 0.261 e. The molecule has 2 aliphatic rings. The largest absolute Gasteiger partial charge is 0.486 e. The topological polar surface area (TPSA) is 47.6 Å². The number of rotatable bonds is 4. The van der Waals surface area contributed by atoms with Crippen LogP contribution in [0.1, 0.15) is 28.1 Å². The van der Waals surface area contributed by atoms with Gasteiger partial charge in [-0.05, 0) is 42.0 Å². The Bertz CT molecular complexity index is 692. The van der Waals surface area contributed by atoms with Crippen molar-refractivity contribution in [1.82, 2.24) is 5.32 Å². The van der Waals surface area contributed by atoms with Crippen molar-refractivity contribution in [2.75, 3.05) is 19.8 Å². The van der Waals surface area contributed by atoms with Crippen molar-refractivity contribution in [2.24, 2.45) is 0 Å². The van der Waals surface area contributed by atoms with Crippen LogP contribution in [0.4, 0.5) is 0 Å². The number of fused-ring (bicyclic) bond motifs is 1. The molecular weight excluding hydrogens is 298 g/mol. The molecule has 1 aromatic heterocycles. The lowest BCUT2D eigenvalue weighted by Gasteiger charge is -2.22. The Hall–Kier alpha value is -2.01. The molecule has 1 N–H and O–H groups in total. The summed E-state index contributed by atoms with van der Waals surface area (Å²) in [6.07, 6.45) is 2.19. The van der Waals surface area contributed by atoms with E-state index in [1.807, 2.05) is 23.6 Å². The smallest absolute Gasteiger partial charge is 0.261 e. The second-order valence-electron chi connectivity index (χ2n) is 5.80. The molecule has 4 nitrogen and oxygen atoms in total. The second-order valence-corrected chi connectivity index (χ2v) is 6.75. The maximum absolute atomic E-state index is 12.1. The Balaban J connectivity index is 1.48. The molecule has 0 radical (unpaired) electrons. The monoisotopic (exact) mass is 315 g/mol.